The third-order valence-electron chi connectivity index (χ3n) is 4.04. The fourth-order valence-corrected chi connectivity index (χ4v) is 2.92. The van der Waals surface area contributed by atoms with Gasteiger partial charge in [0.2, 0.25) is 0 Å². The number of aromatic nitrogens is 2. The highest BCUT2D eigenvalue weighted by Crippen LogP contribution is 2.23. The van der Waals surface area contributed by atoms with Gasteiger partial charge >= 0.3 is 5.97 Å². The van der Waals surface area contributed by atoms with Gasteiger partial charge in [-0.2, -0.15) is 5.10 Å². The second-order valence-electron chi connectivity index (χ2n) is 5.26. The summed E-state index contributed by atoms with van der Waals surface area (Å²) in [5.41, 5.74) is 1.67. The Balaban J connectivity index is 1.78. The number of carboxylic acids is 1. The number of amides is 1. The SMILES string of the molecule is O=C(O)C1CCN(C(=O)c2cnn3c2CCCC3)C1. The monoisotopic (exact) mass is 263 g/mol. The summed E-state index contributed by atoms with van der Waals surface area (Å²) in [5, 5.41) is 13.2. The van der Waals surface area contributed by atoms with E-state index in [1.54, 1.807) is 11.1 Å². The van der Waals surface area contributed by atoms with E-state index in [2.05, 4.69) is 5.10 Å². The van der Waals surface area contributed by atoms with Crippen LogP contribution in [0.2, 0.25) is 0 Å². The third-order valence-corrected chi connectivity index (χ3v) is 4.04. The van der Waals surface area contributed by atoms with E-state index in [4.69, 9.17) is 5.11 Å². The molecule has 0 radical (unpaired) electrons. The number of rotatable bonds is 2. The van der Waals surface area contributed by atoms with Gasteiger partial charge in [-0.3, -0.25) is 14.3 Å². The first-order valence-corrected chi connectivity index (χ1v) is 6.73. The van der Waals surface area contributed by atoms with Gasteiger partial charge in [-0.25, -0.2) is 0 Å². The minimum Gasteiger partial charge on any atom is -0.481 e. The molecule has 1 aromatic heterocycles. The Morgan fingerprint density at radius 3 is 2.89 bits per heavy atom. The van der Waals surface area contributed by atoms with Crippen molar-refractivity contribution in [3.05, 3.63) is 17.5 Å². The van der Waals surface area contributed by atoms with E-state index in [1.165, 1.54) is 0 Å². The van der Waals surface area contributed by atoms with Crippen LogP contribution in [-0.4, -0.2) is 44.8 Å². The van der Waals surface area contributed by atoms with E-state index in [0.717, 1.165) is 31.5 Å². The molecule has 1 fully saturated rings. The van der Waals surface area contributed by atoms with Gasteiger partial charge in [-0.15, -0.1) is 0 Å². The Bertz CT molecular complexity index is 523. The van der Waals surface area contributed by atoms with Crippen LogP contribution in [0.25, 0.3) is 0 Å². The number of nitrogens with zero attached hydrogens (tertiary/aromatic N) is 3. The van der Waals surface area contributed by atoms with Gasteiger partial charge < -0.3 is 10.0 Å². The highest BCUT2D eigenvalue weighted by atomic mass is 16.4. The average molecular weight is 263 g/mol. The van der Waals surface area contributed by atoms with Crippen LogP contribution in [0.3, 0.4) is 0 Å². The lowest BCUT2D eigenvalue weighted by molar-refractivity contribution is -0.141. The van der Waals surface area contributed by atoms with Gasteiger partial charge in [0.1, 0.15) is 0 Å². The van der Waals surface area contributed by atoms with Crippen LogP contribution >= 0.6 is 0 Å². The molecule has 0 bridgehead atoms. The molecule has 0 saturated carbocycles. The molecule has 6 heteroatoms. The summed E-state index contributed by atoms with van der Waals surface area (Å²) in [5.74, 6) is -1.30. The lowest BCUT2D eigenvalue weighted by atomic mass is 10.1. The van der Waals surface area contributed by atoms with Gasteiger partial charge in [0.15, 0.2) is 0 Å². The zero-order chi connectivity index (χ0) is 13.4. The molecule has 0 aromatic carbocycles. The van der Waals surface area contributed by atoms with Crippen molar-refractivity contribution < 1.29 is 14.7 Å². The van der Waals surface area contributed by atoms with E-state index >= 15 is 0 Å². The highest BCUT2D eigenvalue weighted by Gasteiger charge is 2.33. The summed E-state index contributed by atoms with van der Waals surface area (Å²) < 4.78 is 1.90. The first-order valence-electron chi connectivity index (χ1n) is 6.73. The van der Waals surface area contributed by atoms with Crippen LogP contribution in [0.5, 0.6) is 0 Å². The predicted octanol–water partition coefficient (Wildman–Crippen LogP) is 0.766. The van der Waals surface area contributed by atoms with Crippen LogP contribution in [0.1, 0.15) is 35.3 Å². The average Bonchev–Trinajstić information content (AvgIpc) is 3.05. The number of aliphatic carboxylic acids is 1. The molecule has 1 unspecified atom stereocenters. The lowest BCUT2D eigenvalue weighted by Gasteiger charge is -2.18. The molecule has 1 aromatic rings. The lowest BCUT2D eigenvalue weighted by Crippen LogP contribution is -2.30. The van der Waals surface area contributed by atoms with Crippen molar-refractivity contribution in [1.82, 2.24) is 14.7 Å². The van der Waals surface area contributed by atoms with Crippen molar-refractivity contribution in [3.63, 3.8) is 0 Å². The molecule has 19 heavy (non-hydrogen) atoms. The number of carbonyl (C=O) groups excluding carboxylic acids is 1. The molecule has 0 spiro atoms. The van der Waals surface area contributed by atoms with Crippen LogP contribution in [0, 0.1) is 5.92 Å². The second-order valence-corrected chi connectivity index (χ2v) is 5.26. The molecule has 1 atom stereocenters. The Labute approximate surface area is 111 Å². The molecule has 102 valence electrons. The smallest absolute Gasteiger partial charge is 0.308 e. The van der Waals surface area contributed by atoms with Crippen molar-refractivity contribution in [3.8, 4) is 0 Å². The maximum atomic E-state index is 12.4. The third kappa shape index (κ3) is 2.11. The fourth-order valence-electron chi connectivity index (χ4n) is 2.92. The first kappa shape index (κ1) is 12.2. The first-order chi connectivity index (χ1) is 9.16. The van der Waals surface area contributed by atoms with Crippen molar-refractivity contribution in [1.29, 1.82) is 0 Å². The molecule has 1 N–H and O–H groups in total. The standard InChI is InChI=1S/C13H17N3O3/c17-12(15-6-4-9(8-15)13(18)19)10-7-14-16-5-2-1-3-11(10)16/h7,9H,1-6,8H2,(H,18,19). The molecule has 3 heterocycles. The molecular weight excluding hydrogens is 246 g/mol. The second kappa shape index (κ2) is 4.68. The van der Waals surface area contributed by atoms with Gasteiger partial charge in [0, 0.05) is 19.6 Å². The number of hydrogen-bond acceptors (Lipinski definition) is 3. The van der Waals surface area contributed by atoms with E-state index in [0.29, 0.717) is 25.1 Å². The number of carboxylic acid groups (broad SMARTS) is 1. The van der Waals surface area contributed by atoms with Gasteiger partial charge in [-0.1, -0.05) is 0 Å². The van der Waals surface area contributed by atoms with E-state index in [1.807, 2.05) is 4.68 Å². The molecule has 0 aliphatic carbocycles. The minimum atomic E-state index is -0.813. The summed E-state index contributed by atoms with van der Waals surface area (Å²) in [6, 6.07) is 0. The number of likely N-dealkylation sites (tertiary alicyclic amines) is 1. The van der Waals surface area contributed by atoms with Gasteiger partial charge in [0.25, 0.3) is 5.91 Å². The number of fused-ring (bicyclic) bond motifs is 1. The predicted molar refractivity (Wildman–Crippen MR) is 66.8 cm³/mol. The van der Waals surface area contributed by atoms with Gasteiger partial charge in [0.05, 0.1) is 23.4 Å². The Morgan fingerprint density at radius 1 is 1.32 bits per heavy atom. The maximum Gasteiger partial charge on any atom is 0.308 e. The zero-order valence-electron chi connectivity index (χ0n) is 10.7. The van der Waals surface area contributed by atoms with Crippen molar-refractivity contribution in [2.75, 3.05) is 13.1 Å². The van der Waals surface area contributed by atoms with E-state index in [-0.39, 0.29) is 5.91 Å². The van der Waals surface area contributed by atoms with Crippen LogP contribution in [0.15, 0.2) is 6.20 Å². The maximum absolute atomic E-state index is 12.4. The van der Waals surface area contributed by atoms with Crippen molar-refractivity contribution in [2.24, 2.45) is 5.92 Å². The number of hydrogen-bond donors (Lipinski definition) is 1. The summed E-state index contributed by atoms with van der Waals surface area (Å²) in [6.07, 6.45) is 5.26. The summed E-state index contributed by atoms with van der Waals surface area (Å²) in [7, 11) is 0. The Morgan fingerprint density at radius 2 is 2.16 bits per heavy atom. The summed E-state index contributed by atoms with van der Waals surface area (Å²) in [4.78, 5) is 25.0. The molecular formula is C13H17N3O3. The van der Waals surface area contributed by atoms with E-state index in [9.17, 15) is 9.59 Å². The topological polar surface area (TPSA) is 75.4 Å². The number of aryl methyl sites for hydroxylation is 1. The molecule has 2 aliphatic rings. The largest absolute Gasteiger partial charge is 0.481 e. The molecule has 1 amide bonds. The van der Waals surface area contributed by atoms with Crippen molar-refractivity contribution in [2.45, 2.75) is 32.2 Å². The quantitative estimate of drug-likeness (QED) is 0.855. The van der Waals surface area contributed by atoms with Crippen LogP contribution < -0.4 is 0 Å². The summed E-state index contributed by atoms with van der Waals surface area (Å²) >= 11 is 0. The fraction of sp³-hybridized carbons (Fsp3) is 0.615. The molecule has 1 saturated heterocycles. The Hall–Kier alpha value is -1.85. The minimum absolute atomic E-state index is 0.0631. The Kier molecular flexibility index (Phi) is 3.00. The van der Waals surface area contributed by atoms with Crippen LogP contribution in [0.4, 0.5) is 0 Å². The zero-order valence-corrected chi connectivity index (χ0v) is 10.7. The normalized spacial score (nSPS) is 22.3. The number of carbonyl (C=O) groups is 2. The van der Waals surface area contributed by atoms with Gasteiger partial charge in [-0.05, 0) is 25.7 Å². The molecule has 3 rings (SSSR count). The molecule has 6 nitrogen and oxygen atoms in total. The van der Waals surface area contributed by atoms with E-state index < -0.39 is 11.9 Å². The highest BCUT2D eigenvalue weighted by molar-refractivity contribution is 5.95. The van der Waals surface area contributed by atoms with Crippen molar-refractivity contribution >= 4 is 11.9 Å². The van der Waals surface area contributed by atoms with Crippen LogP contribution in [-0.2, 0) is 17.8 Å². The summed E-state index contributed by atoms with van der Waals surface area (Å²) in [6.45, 7) is 1.72. The molecule has 2 aliphatic heterocycles.